The van der Waals surface area contributed by atoms with E-state index in [0.29, 0.717) is 18.8 Å². The van der Waals surface area contributed by atoms with E-state index in [9.17, 15) is 8.42 Å². The van der Waals surface area contributed by atoms with Gasteiger partial charge in [-0.1, -0.05) is 19.1 Å². The smallest absolute Gasteiger partial charge is 0.260 e. The van der Waals surface area contributed by atoms with E-state index in [2.05, 4.69) is 9.97 Å². The average molecular weight is 306 g/mol. The SMILES string of the molecule is CCN(Cc1ccccn1)S(=O)(=O)c1ccc(CN)cn1. The molecular formula is C14H18N4O2S. The number of rotatable bonds is 6. The van der Waals surface area contributed by atoms with Crippen molar-refractivity contribution >= 4 is 10.0 Å². The molecule has 0 fully saturated rings. The Morgan fingerprint density at radius 2 is 2.00 bits per heavy atom. The van der Waals surface area contributed by atoms with Gasteiger partial charge in [-0.05, 0) is 23.8 Å². The fraction of sp³-hybridized carbons (Fsp3) is 0.286. The molecule has 0 unspecified atom stereocenters. The van der Waals surface area contributed by atoms with E-state index in [0.717, 1.165) is 5.56 Å². The topological polar surface area (TPSA) is 89.2 Å². The molecule has 2 rings (SSSR count). The minimum absolute atomic E-state index is 0.0254. The summed E-state index contributed by atoms with van der Waals surface area (Å²) < 4.78 is 26.5. The van der Waals surface area contributed by atoms with Crippen LogP contribution in [-0.4, -0.2) is 29.2 Å². The van der Waals surface area contributed by atoms with Gasteiger partial charge in [-0.3, -0.25) is 4.98 Å². The van der Waals surface area contributed by atoms with Gasteiger partial charge in [0.05, 0.1) is 12.2 Å². The number of nitrogens with two attached hydrogens (primary N) is 1. The molecule has 0 amide bonds. The van der Waals surface area contributed by atoms with Crippen molar-refractivity contribution in [1.82, 2.24) is 14.3 Å². The molecule has 0 aliphatic carbocycles. The second-order valence-electron chi connectivity index (χ2n) is 4.46. The van der Waals surface area contributed by atoms with Gasteiger partial charge in [-0.15, -0.1) is 0 Å². The summed E-state index contributed by atoms with van der Waals surface area (Å²) in [5.74, 6) is 0. The zero-order valence-corrected chi connectivity index (χ0v) is 12.6. The molecule has 21 heavy (non-hydrogen) atoms. The quantitative estimate of drug-likeness (QED) is 0.864. The van der Waals surface area contributed by atoms with Gasteiger partial charge < -0.3 is 5.73 Å². The van der Waals surface area contributed by atoms with Crippen LogP contribution >= 0.6 is 0 Å². The van der Waals surface area contributed by atoms with E-state index >= 15 is 0 Å². The largest absolute Gasteiger partial charge is 0.326 e. The standard InChI is InChI=1S/C14H18N4O2S/c1-2-18(11-13-5-3-4-8-16-13)21(19,20)14-7-6-12(9-15)10-17-14/h3-8,10H,2,9,11,15H2,1H3. The second kappa shape index (κ2) is 6.75. The lowest BCUT2D eigenvalue weighted by Crippen LogP contribution is -2.31. The zero-order valence-electron chi connectivity index (χ0n) is 11.8. The molecule has 0 saturated carbocycles. The van der Waals surface area contributed by atoms with Gasteiger partial charge in [0, 0.05) is 25.5 Å². The summed E-state index contributed by atoms with van der Waals surface area (Å²) in [6.45, 7) is 2.69. The molecule has 2 aromatic rings. The Hall–Kier alpha value is -1.83. The molecule has 0 atom stereocenters. The van der Waals surface area contributed by atoms with Crippen molar-refractivity contribution < 1.29 is 8.42 Å². The van der Waals surface area contributed by atoms with Gasteiger partial charge in [0.1, 0.15) is 0 Å². The monoisotopic (exact) mass is 306 g/mol. The Bertz CT molecular complexity index is 672. The van der Waals surface area contributed by atoms with E-state index in [1.807, 2.05) is 6.07 Å². The van der Waals surface area contributed by atoms with Crippen molar-refractivity contribution in [2.24, 2.45) is 5.73 Å². The van der Waals surface area contributed by atoms with E-state index in [1.54, 1.807) is 31.3 Å². The molecule has 0 spiro atoms. The number of hydrogen-bond acceptors (Lipinski definition) is 5. The van der Waals surface area contributed by atoms with Crippen molar-refractivity contribution in [3.05, 3.63) is 54.0 Å². The average Bonchev–Trinajstić information content (AvgIpc) is 2.53. The molecule has 112 valence electrons. The molecule has 0 bridgehead atoms. The molecule has 0 radical (unpaired) electrons. The van der Waals surface area contributed by atoms with E-state index in [4.69, 9.17) is 5.73 Å². The predicted octanol–water partition coefficient (Wildman–Crippen LogP) is 1.15. The number of pyridine rings is 2. The highest BCUT2D eigenvalue weighted by molar-refractivity contribution is 7.89. The van der Waals surface area contributed by atoms with Crippen LogP contribution in [-0.2, 0) is 23.1 Å². The maximum Gasteiger partial charge on any atom is 0.260 e. The molecule has 6 nitrogen and oxygen atoms in total. The summed E-state index contributed by atoms with van der Waals surface area (Å²) in [7, 11) is -3.63. The molecule has 7 heteroatoms. The fourth-order valence-corrected chi connectivity index (χ4v) is 3.19. The van der Waals surface area contributed by atoms with Crippen molar-refractivity contribution in [2.45, 2.75) is 25.0 Å². The molecule has 2 N–H and O–H groups in total. The Labute approximate surface area is 124 Å². The van der Waals surface area contributed by atoms with Crippen LogP contribution in [0.5, 0.6) is 0 Å². The Morgan fingerprint density at radius 1 is 1.19 bits per heavy atom. The third-order valence-corrected chi connectivity index (χ3v) is 4.89. The molecule has 0 saturated heterocycles. The normalized spacial score (nSPS) is 11.8. The van der Waals surface area contributed by atoms with Crippen LogP contribution in [0, 0.1) is 0 Å². The highest BCUT2D eigenvalue weighted by Crippen LogP contribution is 2.15. The van der Waals surface area contributed by atoms with Crippen molar-refractivity contribution in [2.75, 3.05) is 6.54 Å². The van der Waals surface area contributed by atoms with Gasteiger partial charge >= 0.3 is 0 Å². The molecule has 0 aliphatic heterocycles. The van der Waals surface area contributed by atoms with Crippen LogP contribution in [0.3, 0.4) is 0 Å². The van der Waals surface area contributed by atoms with Gasteiger partial charge in [0.2, 0.25) is 0 Å². The lowest BCUT2D eigenvalue weighted by Gasteiger charge is -2.19. The number of sulfonamides is 1. The fourth-order valence-electron chi connectivity index (χ4n) is 1.86. The highest BCUT2D eigenvalue weighted by atomic mass is 32.2. The van der Waals surface area contributed by atoms with Crippen molar-refractivity contribution in [3.8, 4) is 0 Å². The first-order valence-electron chi connectivity index (χ1n) is 6.63. The summed E-state index contributed by atoms with van der Waals surface area (Å²) >= 11 is 0. The molecular weight excluding hydrogens is 288 g/mol. The third kappa shape index (κ3) is 3.63. The summed E-state index contributed by atoms with van der Waals surface area (Å²) in [5, 5.41) is 0.0254. The lowest BCUT2D eigenvalue weighted by atomic mass is 10.3. The highest BCUT2D eigenvalue weighted by Gasteiger charge is 2.24. The molecule has 0 aliphatic rings. The van der Waals surface area contributed by atoms with Crippen LogP contribution < -0.4 is 5.73 Å². The Balaban J connectivity index is 2.26. The van der Waals surface area contributed by atoms with Crippen LogP contribution in [0.4, 0.5) is 0 Å². The lowest BCUT2D eigenvalue weighted by molar-refractivity contribution is 0.417. The Morgan fingerprint density at radius 3 is 2.52 bits per heavy atom. The zero-order chi connectivity index (χ0) is 15.3. The van der Waals surface area contributed by atoms with Gasteiger partial charge in [-0.2, -0.15) is 4.31 Å². The first-order valence-corrected chi connectivity index (χ1v) is 8.07. The third-order valence-electron chi connectivity index (χ3n) is 3.05. The van der Waals surface area contributed by atoms with Gasteiger partial charge in [0.15, 0.2) is 5.03 Å². The van der Waals surface area contributed by atoms with Crippen molar-refractivity contribution in [1.29, 1.82) is 0 Å². The maximum atomic E-state index is 12.6. The van der Waals surface area contributed by atoms with Crippen LogP contribution in [0.15, 0.2) is 47.8 Å². The summed E-state index contributed by atoms with van der Waals surface area (Å²) in [4.78, 5) is 8.16. The van der Waals surface area contributed by atoms with Crippen LogP contribution in [0.1, 0.15) is 18.2 Å². The van der Waals surface area contributed by atoms with E-state index in [1.165, 1.54) is 16.6 Å². The van der Waals surface area contributed by atoms with Crippen LogP contribution in [0.25, 0.3) is 0 Å². The molecule has 2 heterocycles. The van der Waals surface area contributed by atoms with Crippen LogP contribution in [0.2, 0.25) is 0 Å². The molecule has 2 aromatic heterocycles. The summed E-state index contributed by atoms with van der Waals surface area (Å²) in [6, 6.07) is 8.58. The Kier molecular flexibility index (Phi) is 5.00. The van der Waals surface area contributed by atoms with Crippen molar-refractivity contribution in [3.63, 3.8) is 0 Å². The minimum atomic E-state index is -3.63. The first-order chi connectivity index (χ1) is 10.1. The minimum Gasteiger partial charge on any atom is -0.326 e. The number of hydrogen-bond donors (Lipinski definition) is 1. The van der Waals surface area contributed by atoms with Gasteiger partial charge in [-0.25, -0.2) is 13.4 Å². The van der Waals surface area contributed by atoms with E-state index < -0.39 is 10.0 Å². The van der Waals surface area contributed by atoms with Gasteiger partial charge in [0.25, 0.3) is 10.0 Å². The predicted molar refractivity (Wildman–Crippen MR) is 79.6 cm³/mol. The number of aromatic nitrogens is 2. The summed E-state index contributed by atoms with van der Waals surface area (Å²) in [5.41, 5.74) is 6.98. The number of nitrogens with zero attached hydrogens (tertiary/aromatic N) is 3. The summed E-state index contributed by atoms with van der Waals surface area (Å²) in [6.07, 6.45) is 3.13. The maximum absolute atomic E-state index is 12.6. The first kappa shape index (κ1) is 15.6. The molecule has 0 aromatic carbocycles. The van der Waals surface area contributed by atoms with E-state index in [-0.39, 0.29) is 11.6 Å². The second-order valence-corrected chi connectivity index (χ2v) is 6.35.